The second kappa shape index (κ2) is 8.80. The molecule has 6 heteroatoms. The lowest BCUT2D eigenvalue weighted by Gasteiger charge is -2.37. The molecule has 1 N–H and O–H groups in total. The number of guanidine groups is 1. The summed E-state index contributed by atoms with van der Waals surface area (Å²) in [6, 6.07) is 0.616. The van der Waals surface area contributed by atoms with Gasteiger partial charge < -0.3 is 19.9 Å². The molecule has 2 heterocycles. The van der Waals surface area contributed by atoms with E-state index in [0.717, 1.165) is 70.0 Å². The molecule has 27 heavy (non-hydrogen) atoms. The van der Waals surface area contributed by atoms with Crippen molar-refractivity contribution in [1.29, 1.82) is 0 Å². The average Bonchev–Trinajstić information content (AvgIpc) is 3.26. The van der Waals surface area contributed by atoms with Crippen LogP contribution in [0.4, 0.5) is 0 Å². The predicted octanol–water partition coefficient (Wildman–Crippen LogP) is 2.24. The third-order valence-corrected chi connectivity index (χ3v) is 6.81. The number of piperazine rings is 1. The van der Waals surface area contributed by atoms with Gasteiger partial charge in [-0.2, -0.15) is 0 Å². The fourth-order valence-corrected chi connectivity index (χ4v) is 5.13. The second-order valence-electron chi connectivity index (χ2n) is 8.66. The molecule has 2 saturated heterocycles. The minimum absolute atomic E-state index is 0.189. The summed E-state index contributed by atoms with van der Waals surface area (Å²) in [6.45, 7) is 6.93. The zero-order chi connectivity index (χ0) is 18.6. The Labute approximate surface area is 163 Å². The molecule has 2 saturated carbocycles. The molecule has 4 rings (SSSR count). The highest BCUT2D eigenvalue weighted by Gasteiger charge is 2.44. The minimum atomic E-state index is -0.193. The van der Waals surface area contributed by atoms with Crippen molar-refractivity contribution in [3.8, 4) is 0 Å². The number of nitrogens with zero attached hydrogens (tertiary/aromatic N) is 3. The van der Waals surface area contributed by atoms with Gasteiger partial charge in [0.05, 0.1) is 0 Å². The normalized spacial score (nSPS) is 32.6. The number of hydrogen-bond donors (Lipinski definition) is 1. The van der Waals surface area contributed by atoms with Gasteiger partial charge in [0.15, 0.2) is 5.96 Å². The van der Waals surface area contributed by atoms with Crippen LogP contribution in [0.2, 0.25) is 0 Å². The summed E-state index contributed by atoms with van der Waals surface area (Å²) in [5.74, 6) is 3.04. The number of aliphatic imine (C=N–C) groups is 1. The molecule has 0 aromatic heterocycles. The van der Waals surface area contributed by atoms with E-state index in [-0.39, 0.29) is 12.0 Å². The molecule has 2 aliphatic heterocycles. The lowest BCUT2D eigenvalue weighted by molar-refractivity contribution is -0.142. The number of nitrogens with one attached hydrogen (secondary N) is 1. The van der Waals surface area contributed by atoms with E-state index in [1.165, 1.54) is 38.5 Å². The van der Waals surface area contributed by atoms with Gasteiger partial charge in [-0.05, 0) is 38.0 Å². The van der Waals surface area contributed by atoms with Crippen molar-refractivity contribution in [3.05, 3.63) is 0 Å². The predicted molar refractivity (Wildman–Crippen MR) is 107 cm³/mol. The van der Waals surface area contributed by atoms with Crippen LogP contribution in [-0.2, 0) is 9.53 Å². The average molecular weight is 377 g/mol. The molecule has 0 spiro atoms. The number of ether oxygens (including phenoxy) is 1. The highest BCUT2D eigenvalue weighted by Crippen LogP contribution is 2.44. The Bertz CT molecular complexity index is 532. The lowest BCUT2D eigenvalue weighted by atomic mass is 9.85. The molecule has 3 atom stereocenters. The first-order chi connectivity index (χ1) is 13.3. The molecule has 0 aromatic carbocycles. The van der Waals surface area contributed by atoms with E-state index in [9.17, 15) is 4.79 Å². The van der Waals surface area contributed by atoms with Gasteiger partial charge >= 0.3 is 0 Å². The smallest absolute Gasteiger partial charge is 0.251 e. The summed E-state index contributed by atoms with van der Waals surface area (Å²) < 4.78 is 5.57. The van der Waals surface area contributed by atoms with Gasteiger partial charge in [-0.1, -0.05) is 32.1 Å². The molecule has 3 unspecified atom stereocenters. The van der Waals surface area contributed by atoms with Crippen LogP contribution in [0.3, 0.4) is 0 Å². The Hall–Kier alpha value is -1.30. The van der Waals surface area contributed by atoms with Crippen LogP contribution in [0, 0.1) is 11.8 Å². The van der Waals surface area contributed by atoms with Crippen molar-refractivity contribution in [2.45, 2.75) is 70.4 Å². The third-order valence-electron chi connectivity index (χ3n) is 6.81. The zero-order valence-electron chi connectivity index (χ0n) is 16.9. The Kier molecular flexibility index (Phi) is 6.21. The summed E-state index contributed by atoms with van der Waals surface area (Å²) in [4.78, 5) is 21.6. The third kappa shape index (κ3) is 4.58. The summed E-state index contributed by atoms with van der Waals surface area (Å²) in [5, 5.41) is 3.76. The van der Waals surface area contributed by atoms with E-state index in [0.29, 0.717) is 6.04 Å². The number of hydrogen-bond acceptors (Lipinski definition) is 3. The van der Waals surface area contributed by atoms with Crippen LogP contribution < -0.4 is 5.32 Å². The molecular weight excluding hydrogens is 340 g/mol. The molecule has 6 nitrogen and oxygen atoms in total. The van der Waals surface area contributed by atoms with Crippen molar-refractivity contribution in [2.75, 3.05) is 39.3 Å². The maximum absolute atomic E-state index is 12.5. The van der Waals surface area contributed by atoms with Gasteiger partial charge in [0.2, 0.25) is 0 Å². The molecular formula is C21H36N4O2. The van der Waals surface area contributed by atoms with E-state index in [1.54, 1.807) is 0 Å². The molecule has 2 aliphatic carbocycles. The monoisotopic (exact) mass is 376 g/mol. The van der Waals surface area contributed by atoms with Crippen molar-refractivity contribution < 1.29 is 9.53 Å². The number of rotatable bonds is 4. The van der Waals surface area contributed by atoms with E-state index in [4.69, 9.17) is 9.73 Å². The fourth-order valence-electron chi connectivity index (χ4n) is 5.13. The van der Waals surface area contributed by atoms with Crippen molar-refractivity contribution in [1.82, 2.24) is 15.1 Å². The molecule has 0 aromatic rings. The highest BCUT2D eigenvalue weighted by atomic mass is 16.5. The Balaban J connectivity index is 1.26. The van der Waals surface area contributed by atoms with Crippen LogP contribution in [0.5, 0.6) is 0 Å². The molecule has 1 amide bonds. The van der Waals surface area contributed by atoms with Crippen LogP contribution in [0.15, 0.2) is 4.99 Å². The van der Waals surface area contributed by atoms with E-state index < -0.39 is 0 Å². The molecule has 0 bridgehead atoms. The van der Waals surface area contributed by atoms with E-state index >= 15 is 0 Å². The van der Waals surface area contributed by atoms with Crippen LogP contribution in [0.25, 0.3) is 0 Å². The fraction of sp³-hybridized carbons (Fsp3) is 0.905. The maximum atomic E-state index is 12.5. The van der Waals surface area contributed by atoms with Gasteiger partial charge in [0, 0.05) is 45.4 Å². The SMILES string of the molecule is CCN=C(NC1CC1C1CCCCC1)N1CCN(C(=O)C2CCCO2)CC1. The number of amides is 1. The van der Waals surface area contributed by atoms with Crippen molar-refractivity contribution in [2.24, 2.45) is 16.8 Å². The maximum Gasteiger partial charge on any atom is 0.251 e. The van der Waals surface area contributed by atoms with Gasteiger partial charge in [-0.15, -0.1) is 0 Å². The largest absolute Gasteiger partial charge is 0.368 e. The minimum Gasteiger partial charge on any atom is -0.368 e. The lowest BCUT2D eigenvalue weighted by Crippen LogP contribution is -2.55. The van der Waals surface area contributed by atoms with Crippen LogP contribution in [0.1, 0.15) is 58.3 Å². The first-order valence-electron chi connectivity index (χ1n) is 11.2. The van der Waals surface area contributed by atoms with E-state index in [2.05, 4.69) is 17.1 Å². The van der Waals surface area contributed by atoms with Crippen molar-refractivity contribution >= 4 is 11.9 Å². The summed E-state index contributed by atoms with van der Waals surface area (Å²) in [6.07, 6.45) is 10.1. The molecule has 152 valence electrons. The van der Waals surface area contributed by atoms with E-state index in [1.807, 2.05) is 4.90 Å². The Morgan fingerprint density at radius 1 is 1.04 bits per heavy atom. The highest BCUT2D eigenvalue weighted by molar-refractivity contribution is 5.83. The first-order valence-corrected chi connectivity index (χ1v) is 11.2. The summed E-state index contributed by atoms with van der Waals surface area (Å²) in [5.41, 5.74) is 0. The van der Waals surface area contributed by atoms with Crippen LogP contribution >= 0.6 is 0 Å². The Morgan fingerprint density at radius 2 is 1.78 bits per heavy atom. The molecule has 0 radical (unpaired) electrons. The number of carbonyl (C=O) groups is 1. The van der Waals surface area contributed by atoms with Gasteiger partial charge in [0.25, 0.3) is 5.91 Å². The first kappa shape index (κ1) is 19.0. The van der Waals surface area contributed by atoms with Gasteiger partial charge in [-0.3, -0.25) is 9.79 Å². The topological polar surface area (TPSA) is 57.2 Å². The summed E-state index contributed by atoms with van der Waals surface area (Å²) in [7, 11) is 0. The Morgan fingerprint density at radius 3 is 2.44 bits per heavy atom. The molecule has 4 fully saturated rings. The number of carbonyl (C=O) groups excluding carboxylic acids is 1. The molecule has 4 aliphatic rings. The second-order valence-corrected chi connectivity index (χ2v) is 8.66. The van der Waals surface area contributed by atoms with Gasteiger partial charge in [-0.25, -0.2) is 0 Å². The van der Waals surface area contributed by atoms with Crippen molar-refractivity contribution in [3.63, 3.8) is 0 Å². The quantitative estimate of drug-likeness (QED) is 0.604. The summed E-state index contributed by atoms with van der Waals surface area (Å²) >= 11 is 0. The zero-order valence-corrected chi connectivity index (χ0v) is 16.9. The standard InChI is InChI=1S/C21H36N4O2/c1-2-22-21(23-18-15-17(18)16-7-4-3-5-8-16)25-12-10-24(11-13-25)20(26)19-9-6-14-27-19/h16-19H,2-15H2,1H3,(H,22,23). The van der Waals surface area contributed by atoms with Gasteiger partial charge in [0.1, 0.15) is 6.10 Å². The van der Waals surface area contributed by atoms with Crippen LogP contribution in [-0.4, -0.2) is 73.1 Å².